The zero-order chi connectivity index (χ0) is 19.0. The summed E-state index contributed by atoms with van der Waals surface area (Å²) in [4.78, 5) is 32.4. The Hall–Kier alpha value is -3.08. The lowest BCUT2D eigenvalue weighted by atomic mass is 10.1. The first-order valence-corrected chi connectivity index (χ1v) is 9.26. The predicted octanol–water partition coefficient (Wildman–Crippen LogP) is 3.38. The number of nitrogens with one attached hydrogen (secondary N) is 1. The fraction of sp³-hybridized carbons (Fsp3) is 0.273. The van der Waals surface area contributed by atoms with Crippen molar-refractivity contribution in [3.63, 3.8) is 0 Å². The lowest BCUT2D eigenvalue weighted by Crippen LogP contribution is -2.50. The number of fused-ring (bicyclic) bond motifs is 1. The third-order valence-electron chi connectivity index (χ3n) is 5.37. The molecule has 0 unspecified atom stereocenters. The number of hydrogen-bond donors (Lipinski definition) is 1. The fourth-order valence-corrected chi connectivity index (χ4v) is 3.53. The summed E-state index contributed by atoms with van der Waals surface area (Å²) in [6.45, 7) is 6.26. The number of benzene rings is 2. The van der Waals surface area contributed by atoms with Crippen LogP contribution >= 0.6 is 0 Å². The van der Waals surface area contributed by atoms with Crippen LogP contribution in [-0.4, -0.2) is 52.8 Å². The molecule has 0 spiro atoms. The average Bonchev–Trinajstić information content (AvgIpc) is 3.13. The van der Waals surface area contributed by atoms with Gasteiger partial charge in [-0.15, -0.1) is 0 Å². The van der Waals surface area contributed by atoms with Crippen LogP contribution in [0.3, 0.4) is 0 Å². The second-order valence-electron chi connectivity index (χ2n) is 7.15. The van der Waals surface area contributed by atoms with Crippen molar-refractivity contribution < 1.29 is 9.59 Å². The third-order valence-corrected chi connectivity index (χ3v) is 5.37. The molecule has 1 saturated heterocycles. The predicted molar refractivity (Wildman–Crippen MR) is 106 cm³/mol. The average molecular weight is 361 g/mol. The number of H-pyrrole nitrogens is 1. The Morgan fingerprint density at radius 2 is 1.48 bits per heavy atom. The van der Waals surface area contributed by atoms with Crippen molar-refractivity contribution in [2.45, 2.75) is 13.8 Å². The monoisotopic (exact) mass is 361 g/mol. The minimum Gasteiger partial charge on any atom is -0.351 e. The van der Waals surface area contributed by atoms with Crippen molar-refractivity contribution >= 4 is 22.7 Å². The Kier molecular flexibility index (Phi) is 4.44. The number of para-hydroxylation sites is 1. The molecule has 0 saturated carbocycles. The Bertz CT molecular complexity index is 980. The van der Waals surface area contributed by atoms with Crippen LogP contribution in [-0.2, 0) is 0 Å². The maximum absolute atomic E-state index is 12.8. The Balaban J connectivity index is 1.42. The van der Waals surface area contributed by atoms with Gasteiger partial charge in [-0.05, 0) is 49.2 Å². The topological polar surface area (TPSA) is 56.4 Å². The van der Waals surface area contributed by atoms with Gasteiger partial charge in [-0.25, -0.2) is 0 Å². The highest BCUT2D eigenvalue weighted by atomic mass is 16.2. The molecule has 2 heterocycles. The normalized spacial score (nSPS) is 14.6. The molecule has 2 aromatic carbocycles. The highest BCUT2D eigenvalue weighted by Gasteiger charge is 2.26. The van der Waals surface area contributed by atoms with E-state index in [9.17, 15) is 9.59 Å². The van der Waals surface area contributed by atoms with E-state index >= 15 is 0 Å². The molecular weight excluding hydrogens is 338 g/mol. The molecule has 0 bridgehead atoms. The summed E-state index contributed by atoms with van der Waals surface area (Å²) in [5, 5.41) is 1.03. The van der Waals surface area contributed by atoms with Crippen molar-refractivity contribution in [3.05, 3.63) is 70.9 Å². The Morgan fingerprint density at radius 1 is 0.815 bits per heavy atom. The zero-order valence-electron chi connectivity index (χ0n) is 15.7. The van der Waals surface area contributed by atoms with Crippen molar-refractivity contribution in [2.24, 2.45) is 0 Å². The number of carbonyl (C=O) groups excluding carboxylic acids is 2. The molecule has 0 radical (unpaired) electrons. The standard InChI is InChI=1S/C22H23N3O2/c1-15-7-8-18(13-16(15)2)21(26)24-9-11-25(12-10-24)22(27)20-14-17-5-3-4-6-19(17)23-20/h3-8,13-14,23H,9-12H2,1-2H3. The van der Waals surface area contributed by atoms with Crippen molar-refractivity contribution in [1.29, 1.82) is 0 Å². The van der Waals surface area contributed by atoms with Gasteiger partial charge in [-0.3, -0.25) is 9.59 Å². The van der Waals surface area contributed by atoms with Gasteiger partial charge in [-0.2, -0.15) is 0 Å². The summed E-state index contributed by atoms with van der Waals surface area (Å²) < 4.78 is 0. The maximum atomic E-state index is 12.8. The van der Waals surface area contributed by atoms with Crippen LogP contribution in [0.1, 0.15) is 32.0 Å². The molecule has 0 aliphatic carbocycles. The number of aromatic amines is 1. The van der Waals surface area contributed by atoms with E-state index in [0.717, 1.165) is 16.5 Å². The molecule has 2 amide bonds. The van der Waals surface area contributed by atoms with Gasteiger partial charge in [0.15, 0.2) is 0 Å². The van der Waals surface area contributed by atoms with Gasteiger partial charge in [0.1, 0.15) is 5.69 Å². The second-order valence-corrected chi connectivity index (χ2v) is 7.15. The summed E-state index contributed by atoms with van der Waals surface area (Å²) in [6, 6.07) is 15.6. The smallest absolute Gasteiger partial charge is 0.270 e. The summed E-state index contributed by atoms with van der Waals surface area (Å²) in [7, 11) is 0. The number of aryl methyl sites for hydroxylation is 2. The highest BCUT2D eigenvalue weighted by Crippen LogP contribution is 2.18. The zero-order valence-corrected chi connectivity index (χ0v) is 15.7. The Labute approximate surface area is 158 Å². The van der Waals surface area contributed by atoms with Crippen LogP contribution in [0, 0.1) is 13.8 Å². The molecule has 1 fully saturated rings. The van der Waals surface area contributed by atoms with Crippen LogP contribution in [0.2, 0.25) is 0 Å². The molecule has 1 aromatic heterocycles. The van der Waals surface area contributed by atoms with E-state index in [1.165, 1.54) is 5.56 Å². The SMILES string of the molecule is Cc1ccc(C(=O)N2CCN(C(=O)c3cc4ccccc4[nH]3)CC2)cc1C. The van der Waals surface area contributed by atoms with Gasteiger partial charge >= 0.3 is 0 Å². The van der Waals surface area contributed by atoms with E-state index in [2.05, 4.69) is 4.98 Å². The summed E-state index contributed by atoms with van der Waals surface area (Å²) in [5.41, 5.74) is 4.58. The Morgan fingerprint density at radius 3 is 2.15 bits per heavy atom. The number of nitrogens with zero attached hydrogens (tertiary/aromatic N) is 2. The molecule has 1 aliphatic heterocycles. The number of amides is 2. The number of hydrogen-bond acceptors (Lipinski definition) is 2. The number of piperazine rings is 1. The molecule has 1 N–H and O–H groups in total. The fourth-order valence-electron chi connectivity index (χ4n) is 3.53. The van der Waals surface area contributed by atoms with Crippen molar-refractivity contribution in [2.75, 3.05) is 26.2 Å². The van der Waals surface area contributed by atoms with Crippen molar-refractivity contribution in [3.8, 4) is 0 Å². The first-order valence-electron chi connectivity index (χ1n) is 9.26. The van der Waals surface area contributed by atoms with Crippen LogP contribution in [0.25, 0.3) is 10.9 Å². The summed E-state index contributed by atoms with van der Waals surface area (Å²) in [5.74, 6) is 0.0280. The molecule has 27 heavy (non-hydrogen) atoms. The van der Waals surface area contributed by atoms with Gasteiger partial charge in [0, 0.05) is 42.6 Å². The lowest BCUT2D eigenvalue weighted by molar-refractivity contribution is 0.0533. The maximum Gasteiger partial charge on any atom is 0.270 e. The van der Waals surface area contributed by atoms with Gasteiger partial charge in [-0.1, -0.05) is 24.3 Å². The summed E-state index contributed by atoms with van der Waals surface area (Å²) in [6.07, 6.45) is 0. The molecule has 5 heteroatoms. The van der Waals surface area contributed by atoms with Crippen LogP contribution < -0.4 is 0 Å². The molecule has 138 valence electrons. The van der Waals surface area contributed by atoms with Crippen LogP contribution in [0.15, 0.2) is 48.5 Å². The van der Waals surface area contributed by atoms with E-state index in [4.69, 9.17) is 0 Å². The van der Waals surface area contributed by atoms with E-state index in [0.29, 0.717) is 37.4 Å². The number of aromatic nitrogens is 1. The van der Waals surface area contributed by atoms with Crippen LogP contribution in [0.4, 0.5) is 0 Å². The number of carbonyl (C=O) groups is 2. The molecule has 0 atom stereocenters. The van der Waals surface area contributed by atoms with E-state index < -0.39 is 0 Å². The largest absolute Gasteiger partial charge is 0.351 e. The molecule has 1 aliphatic rings. The summed E-state index contributed by atoms with van der Waals surface area (Å²) >= 11 is 0. The first-order chi connectivity index (χ1) is 13.0. The molecule has 4 rings (SSSR count). The van der Waals surface area contributed by atoms with Crippen LogP contribution in [0.5, 0.6) is 0 Å². The minimum absolute atomic E-state index is 0.00974. The van der Waals surface area contributed by atoms with Gasteiger partial charge in [0.25, 0.3) is 11.8 Å². The quantitative estimate of drug-likeness (QED) is 0.761. The van der Waals surface area contributed by atoms with E-state index in [-0.39, 0.29) is 11.8 Å². The molecular formula is C22H23N3O2. The lowest BCUT2D eigenvalue weighted by Gasteiger charge is -2.34. The highest BCUT2D eigenvalue weighted by molar-refractivity contribution is 5.98. The third kappa shape index (κ3) is 3.33. The van der Waals surface area contributed by atoms with E-state index in [1.807, 2.05) is 72.2 Å². The minimum atomic E-state index is -0.00974. The van der Waals surface area contributed by atoms with Crippen molar-refractivity contribution in [1.82, 2.24) is 14.8 Å². The second kappa shape index (κ2) is 6.91. The first kappa shape index (κ1) is 17.3. The van der Waals surface area contributed by atoms with Gasteiger partial charge in [0.2, 0.25) is 0 Å². The number of rotatable bonds is 2. The molecule has 3 aromatic rings. The van der Waals surface area contributed by atoms with E-state index in [1.54, 1.807) is 0 Å². The molecule has 5 nitrogen and oxygen atoms in total. The van der Waals surface area contributed by atoms with Gasteiger partial charge in [0.05, 0.1) is 0 Å². The van der Waals surface area contributed by atoms with Gasteiger partial charge < -0.3 is 14.8 Å².